The maximum atomic E-state index is 10.6. The van der Waals surface area contributed by atoms with Gasteiger partial charge in [0.2, 0.25) is 0 Å². The van der Waals surface area contributed by atoms with Gasteiger partial charge in [-0.1, -0.05) is 0 Å². The fourth-order valence-corrected chi connectivity index (χ4v) is 1.54. The highest BCUT2D eigenvalue weighted by molar-refractivity contribution is 5.45. The quantitative estimate of drug-likeness (QED) is 0.674. The lowest BCUT2D eigenvalue weighted by molar-refractivity contribution is -0.385. The van der Waals surface area contributed by atoms with Crippen molar-refractivity contribution >= 4 is 5.69 Å². The molecule has 6 nitrogen and oxygen atoms in total. The molecule has 0 saturated heterocycles. The molecule has 2 aromatic rings. The lowest BCUT2D eigenvalue weighted by atomic mass is 10.2. The number of benzene rings is 1. The van der Waals surface area contributed by atoms with Crippen LogP contribution in [0.4, 0.5) is 5.69 Å². The SMILES string of the molecule is Cc1ccc(Oc2ccc([N+](=O)[O-])cc2CO)cn1. The van der Waals surface area contributed by atoms with Crippen molar-refractivity contribution in [2.24, 2.45) is 0 Å². The Kier molecular flexibility index (Phi) is 3.72. The molecule has 0 aliphatic heterocycles. The molecule has 1 N–H and O–H groups in total. The Morgan fingerprint density at radius 1 is 1.37 bits per heavy atom. The van der Waals surface area contributed by atoms with Gasteiger partial charge in [-0.3, -0.25) is 15.1 Å². The molecule has 2 rings (SSSR count). The summed E-state index contributed by atoms with van der Waals surface area (Å²) >= 11 is 0. The molecular weight excluding hydrogens is 248 g/mol. The van der Waals surface area contributed by atoms with Gasteiger partial charge in [0.1, 0.15) is 11.5 Å². The largest absolute Gasteiger partial charge is 0.455 e. The number of nitrogens with zero attached hydrogens (tertiary/aromatic N) is 2. The van der Waals surface area contributed by atoms with Crippen LogP contribution in [-0.4, -0.2) is 15.0 Å². The number of aromatic nitrogens is 1. The summed E-state index contributed by atoms with van der Waals surface area (Å²) in [6.45, 7) is 1.52. The van der Waals surface area contributed by atoms with Crippen molar-refractivity contribution in [3.8, 4) is 11.5 Å². The molecular formula is C13H12N2O4. The van der Waals surface area contributed by atoms with E-state index in [1.807, 2.05) is 6.92 Å². The Hall–Kier alpha value is -2.47. The molecule has 0 unspecified atom stereocenters. The van der Waals surface area contributed by atoms with Gasteiger partial charge in [0.15, 0.2) is 0 Å². The van der Waals surface area contributed by atoms with Gasteiger partial charge in [-0.2, -0.15) is 0 Å². The van der Waals surface area contributed by atoms with Crippen molar-refractivity contribution in [1.29, 1.82) is 0 Å². The molecule has 19 heavy (non-hydrogen) atoms. The molecule has 0 spiro atoms. The normalized spacial score (nSPS) is 10.2. The number of rotatable bonds is 4. The van der Waals surface area contributed by atoms with Crippen molar-refractivity contribution in [1.82, 2.24) is 4.98 Å². The predicted octanol–water partition coefficient (Wildman–Crippen LogP) is 2.58. The first-order chi connectivity index (χ1) is 9.10. The Morgan fingerprint density at radius 2 is 2.16 bits per heavy atom. The molecule has 6 heteroatoms. The van der Waals surface area contributed by atoms with Crippen LogP contribution in [0.3, 0.4) is 0 Å². The van der Waals surface area contributed by atoms with E-state index in [0.717, 1.165) is 5.69 Å². The number of nitro groups is 1. The van der Waals surface area contributed by atoms with Gasteiger partial charge in [0.25, 0.3) is 5.69 Å². The smallest absolute Gasteiger partial charge is 0.270 e. The first-order valence-corrected chi connectivity index (χ1v) is 5.59. The van der Waals surface area contributed by atoms with Crippen molar-refractivity contribution in [2.75, 3.05) is 0 Å². The minimum atomic E-state index is -0.517. The second-order valence-electron chi connectivity index (χ2n) is 3.94. The number of hydrogen-bond donors (Lipinski definition) is 1. The van der Waals surface area contributed by atoms with Crippen LogP contribution in [-0.2, 0) is 6.61 Å². The molecule has 0 fully saturated rings. The van der Waals surface area contributed by atoms with Crippen LogP contribution in [0.1, 0.15) is 11.3 Å². The number of aliphatic hydroxyl groups excluding tert-OH is 1. The lowest BCUT2D eigenvalue weighted by Gasteiger charge is -2.09. The standard InChI is InChI=1S/C13H12N2O4/c1-9-2-4-12(7-14-9)19-13-5-3-11(15(17)18)6-10(13)8-16/h2-7,16H,8H2,1H3. The van der Waals surface area contributed by atoms with Gasteiger partial charge in [0, 0.05) is 23.4 Å². The zero-order chi connectivity index (χ0) is 13.8. The zero-order valence-electron chi connectivity index (χ0n) is 10.2. The number of aryl methyl sites for hydroxylation is 1. The summed E-state index contributed by atoms with van der Waals surface area (Å²) in [6.07, 6.45) is 1.55. The number of non-ortho nitro benzene ring substituents is 1. The molecule has 0 aliphatic carbocycles. The van der Waals surface area contributed by atoms with Gasteiger partial charge < -0.3 is 9.84 Å². The van der Waals surface area contributed by atoms with Crippen LogP contribution < -0.4 is 4.74 Å². The minimum Gasteiger partial charge on any atom is -0.455 e. The molecule has 1 aromatic heterocycles. The van der Waals surface area contributed by atoms with Crippen molar-refractivity contribution in [3.05, 3.63) is 57.9 Å². The number of aliphatic hydroxyl groups is 1. The van der Waals surface area contributed by atoms with Gasteiger partial charge in [0.05, 0.1) is 17.7 Å². The molecule has 98 valence electrons. The van der Waals surface area contributed by atoms with Gasteiger partial charge in [-0.05, 0) is 25.1 Å². The van der Waals surface area contributed by atoms with E-state index in [1.54, 1.807) is 18.3 Å². The van der Waals surface area contributed by atoms with Crippen molar-refractivity contribution in [3.63, 3.8) is 0 Å². The van der Waals surface area contributed by atoms with Crippen LogP contribution in [0, 0.1) is 17.0 Å². The summed E-state index contributed by atoms with van der Waals surface area (Å²) in [5.74, 6) is 0.882. The van der Waals surface area contributed by atoms with Crippen LogP contribution in [0.2, 0.25) is 0 Å². The van der Waals surface area contributed by atoms with Crippen molar-refractivity contribution < 1.29 is 14.8 Å². The number of nitro benzene ring substituents is 1. The summed E-state index contributed by atoms with van der Waals surface area (Å²) in [6, 6.07) is 7.61. The zero-order valence-corrected chi connectivity index (χ0v) is 10.2. The van der Waals surface area contributed by atoms with E-state index in [1.165, 1.54) is 18.2 Å². The molecule has 0 radical (unpaired) electrons. The molecule has 0 bridgehead atoms. The highest BCUT2D eigenvalue weighted by atomic mass is 16.6. The van der Waals surface area contributed by atoms with Crippen LogP contribution in [0.25, 0.3) is 0 Å². The Morgan fingerprint density at radius 3 is 2.74 bits per heavy atom. The van der Waals surface area contributed by atoms with Gasteiger partial charge >= 0.3 is 0 Å². The fraction of sp³-hybridized carbons (Fsp3) is 0.154. The monoisotopic (exact) mass is 260 g/mol. The third-order valence-electron chi connectivity index (χ3n) is 2.54. The van der Waals surface area contributed by atoms with E-state index >= 15 is 0 Å². The van der Waals surface area contributed by atoms with Crippen LogP contribution in [0.5, 0.6) is 11.5 Å². The molecule has 1 heterocycles. The average Bonchev–Trinajstić information content (AvgIpc) is 2.41. The molecule has 1 aromatic carbocycles. The summed E-state index contributed by atoms with van der Waals surface area (Å²) in [4.78, 5) is 14.2. The maximum absolute atomic E-state index is 10.6. The van der Waals surface area contributed by atoms with E-state index in [4.69, 9.17) is 4.74 Å². The fourth-order valence-electron chi connectivity index (χ4n) is 1.54. The van der Waals surface area contributed by atoms with Crippen LogP contribution >= 0.6 is 0 Å². The van der Waals surface area contributed by atoms with Crippen molar-refractivity contribution in [2.45, 2.75) is 13.5 Å². The summed E-state index contributed by atoms with van der Waals surface area (Å²) in [7, 11) is 0. The highest BCUT2D eigenvalue weighted by Crippen LogP contribution is 2.28. The average molecular weight is 260 g/mol. The number of pyridine rings is 1. The van der Waals surface area contributed by atoms with E-state index < -0.39 is 4.92 Å². The number of ether oxygens (including phenoxy) is 1. The molecule has 0 saturated carbocycles. The van der Waals surface area contributed by atoms with Gasteiger partial charge in [-0.25, -0.2) is 0 Å². The molecule has 0 amide bonds. The minimum absolute atomic E-state index is 0.0848. The Bertz CT molecular complexity index is 596. The summed E-state index contributed by atoms with van der Waals surface area (Å²) in [5, 5.41) is 19.9. The highest BCUT2D eigenvalue weighted by Gasteiger charge is 2.11. The van der Waals surface area contributed by atoms with E-state index in [2.05, 4.69) is 4.98 Å². The van der Waals surface area contributed by atoms with Gasteiger partial charge in [-0.15, -0.1) is 0 Å². The molecule has 0 atom stereocenters. The third-order valence-corrected chi connectivity index (χ3v) is 2.54. The summed E-state index contributed by atoms with van der Waals surface area (Å²) in [5.41, 5.74) is 1.13. The number of hydrogen-bond acceptors (Lipinski definition) is 5. The summed E-state index contributed by atoms with van der Waals surface area (Å²) < 4.78 is 5.55. The Labute approximate surface area is 109 Å². The van der Waals surface area contributed by atoms with E-state index in [9.17, 15) is 15.2 Å². The first kappa shape index (κ1) is 13.0. The third kappa shape index (κ3) is 3.05. The maximum Gasteiger partial charge on any atom is 0.270 e. The second-order valence-corrected chi connectivity index (χ2v) is 3.94. The predicted molar refractivity (Wildman–Crippen MR) is 68.1 cm³/mol. The lowest BCUT2D eigenvalue weighted by Crippen LogP contribution is -1.95. The van der Waals surface area contributed by atoms with E-state index in [0.29, 0.717) is 17.1 Å². The second kappa shape index (κ2) is 5.45. The Balaban J connectivity index is 2.29. The van der Waals surface area contributed by atoms with Crippen LogP contribution in [0.15, 0.2) is 36.5 Å². The molecule has 0 aliphatic rings. The first-order valence-electron chi connectivity index (χ1n) is 5.59. The topological polar surface area (TPSA) is 85.5 Å². The van der Waals surface area contributed by atoms with E-state index in [-0.39, 0.29) is 12.3 Å².